The smallest absolute Gasteiger partial charge is 0.190 e. The molecule has 2 rings (SSSR count). The molecule has 0 aliphatic carbocycles. The minimum absolute atomic E-state index is 0. The minimum atomic E-state index is 0. The van der Waals surface area contributed by atoms with E-state index < -0.39 is 0 Å². The molecule has 0 aliphatic heterocycles. The number of nitrogens with one attached hydrogen (secondary N) is 3. The van der Waals surface area contributed by atoms with Gasteiger partial charge in [0.25, 0.3) is 0 Å². The Labute approximate surface area is 161 Å². The van der Waals surface area contributed by atoms with Gasteiger partial charge in [-0.15, -0.1) is 24.0 Å². The minimum Gasteiger partial charge on any atom is -0.382 e. The maximum absolute atomic E-state index is 5.32. The summed E-state index contributed by atoms with van der Waals surface area (Å²) in [6, 6.07) is 8.44. The molecule has 2 aromatic rings. The Balaban J connectivity index is 0.00000288. The summed E-state index contributed by atoms with van der Waals surface area (Å²) in [5.41, 5.74) is 2.59. The fraction of sp³-hybridized carbons (Fsp3) is 0.500. The molecule has 134 valence electrons. The molecule has 0 saturated carbocycles. The number of nitrogens with zero attached hydrogens (tertiary/aromatic N) is 1. The number of halogens is 1. The van der Waals surface area contributed by atoms with E-state index in [-0.39, 0.29) is 24.0 Å². The Bertz CT molecular complexity index is 612. The Morgan fingerprint density at radius 2 is 1.92 bits per heavy atom. The van der Waals surface area contributed by atoms with Crippen LogP contribution in [-0.4, -0.2) is 44.3 Å². The van der Waals surface area contributed by atoms with Gasteiger partial charge in [-0.2, -0.15) is 0 Å². The van der Waals surface area contributed by atoms with E-state index in [2.05, 4.69) is 51.1 Å². The van der Waals surface area contributed by atoms with Gasteiger partial charge in [0.2, 0.25) is 0 Å². The third-order valence-corrected chi connectivity index (χ3v) is 3.78. The summed E-state index contributed by atoms with van der Waals surface area (Å²) in [4.78, 5) is 7.56. The van der Waals surface area contributed by atoms with Crippen molar-refractivity contribution in [2.75, 3.05) is 33.4 Å². The number of aryl methyl sites for hydroxylation is 1. The van der Waals surface area contributed by atoms with Crippen LogP contribution in [0.4, 0.5) is 0 Å². The fourth-order valence-corrected chi connectivity index (χ4v) is 2.57. The van der Waals surface area contributed by atoms with Crippen LogP contribution in [0.1, 0.15) is 25.3 Å². The number of para-hydroxylation sites is 1. The van der Waals surface area contributed by atoms with E-state index >= 15 is 0 Å². The summed E-state index contributed by atoms with van der Waals surface area (Å²) in [6.07, 6.45) is 5.23. The van der Waals surface area contributed by atoms with Gasteiger partial charge in [-0.1, -0.05) is 18.2 Å². The van der Waals surface area contributed by atoms with Gasteiger partial charge in [-0.3, -0.25) is 4.99 Å². The first-order valence-electron chi connectivity index (χ1n) is 8.42. The lowest BCUT2D eigenvalue weighted by molar-refractivity contribution is 0.145. The molecular weight excluding hydrogens is 415 g/mol. The lowest BCUT2D eigenvalue weighted by Crippen LogP contribution is -2.38. The first-order chi connectivity index (χ1) is 11.3. The molecule has 5 nitrogen and oxygen atoms in total. The average Bonchev–Trinajstić information content (AvgIpc) is 3.00. The molecule has 0 radical (unpaired) electrons. The molecule has 0 unspecified atom stereocenters. The molecule has 0 spiro atoms. The number of hydrogen-bond donors (Lipinski definition) is 3. The van der Waals surface area contributed by atoms with Crippen LogP contribution in [0.5, 0.6) is 0 Å². The number of aromatic nitrogens is 1. The quantitative estimate of drug-likeness (QED) is 0.241. The molecule has 0 saturated heterocycles. The molecule has 6 heteroatoms. The normalized spacial score (nSPS) is 11.3. The fourth-order valence-electron chi connectivity index (χ4n) is 2.57. The summed E-state index contributed by atoms with van der Waals surface area (Å²) < 4.78 is 5.32. The Morgan fingerprint density at radius 3 is 2.67 bits per heavy atom. The van der Waals surface area contributed by atoms with E-state index in [9.17, 15) is 0 Å². The molecule has 0 fully saturated rings. The van der Waals surface area contributed by atoms with Gasteiger partial charge < -0.3 is 20.4 Å². The molecular formula is C18H29IN4O. The molecule has 0 amide bonds. The third-order valence-electron chi connectivity index (χ3n) is 3.78. The third kappa shape index (κ3) is 6.68. The highest BCUT2D eigenvalue weighted by Crippen LogP contribution is 2.18. The Morgan fingerprint density at radius 1 is 1.17 bits per heavy atom. The second-order valence-electron chi connectivity index (χ2n) is 5.44. The van der Waals surface area contributed by atoms with E-state index in [1.54, 1.807) is 7.05 Å². The van der Waals surface area contributed by atoms with E-state index in [1.165, 1.54) is 16.5 Å². The van der Waals surface area contributed by atoms with E-state index in [0.29, 0.717) is 0 Å². The van der Waals surface area contributed by atoms with Crippen LogP contribution in [0.3, 0.4) is 0 Å². The molecule has 0 bridgehead atoms. The number of rotatable bonds is 9. The molecule has 0 atom stereocenters. The first kappa shape index (κ1) is 20.8. The Hall–Kier alpha value is -1.28. The zero-order valence-electron chi connectivity index (χ0n) is 14.6. The van der Waals surface area contributed by atoms with Crippen molar-refractivity contribution in [2.45, 2.75) is 26.2 Å². The van der Waals surface area contributed by atoms with Crippen molar-refractivity contribution in [3.8, 4) is 0 Å². The van der Waals surface area contributed by atoms with Gasteiger partial charge in [-0.05, 0) is 37.8 Å². The lowest BCUT2D eigenvalue weighted by atomic mass is 10.1. The molecule has 0 aliphatic rings. The summed E-state index contributed by atoms with van der Waals surface area (Å²) in [7, 11) is 1.80. The number of aromatic amines is 1. The standard InChI is InChI=1S/C18H28N4O.HI/c1-3-23-13-7-12-21-18(19-2)20-11-6-8-15-14-22-17-10-5-4-9-16(15)17;/h4-5,9-10,14,22H,3,6-8,11-13H2,1-2H3,(H2,19,20,21);1H. The second kappa shape index (κ2) is 12.1. The number of guanidine groups is 1. The zero-order valence-corrected chi connectivity index (χ0v) is 16.9. The number of ether oxygens (including phenoxy) is 1. The molecule has 1 aromatic carbocycles. The predicted octanol–water partition coefficient (Wildman–Crippen LogP) is 3.31. The predicted molar refractivity (Wildman–Crippen MR) is 113 cm³/mol. The summed E-state index contributed by atoms with van der Waals surface area (Å²) in [5, 5.41) is 7.99. The number of hydrogen-bond acceptors (Lipinski definition) is 2. The molecule has 1 aromatic heterocycles. The van der Waals surface area contributed by atoms with Crippen LogP contribution >= 0.6 is 24.0 Å². The number of benzene rings is 1. The van der Waals surface area contributed by atoms with Gasteiger partial charge in [0, 0.05) is 50.5 Å². The summed E-state index contributed by atoms with van der Waals surface area (Å²) >= 11 is 0. The van der Waals surface area contributed by atoms with Crippen molar-refractivity contribution in [1.82, 2.24) is 15.6 Å². The van der Waals surface area contributed by atoms with Gasteiger partial charge in [0.1, 0.15) is 0 Å². The molecule has 24 heavy (non-hydrogen) atoms. The Kier molecular flexibility index (Phi) is 10.5. The maximum atomic E-state index is 5.32. The van der Waals surface area contributed by atoms with E-state index in [0.717, 1.165) is 51.5 Å². The van der Waals surface area contributed by atoms with E-state index in [1.807, 2.05) is 6.92 Å². The van der Waals surface area contributed by atoms with Gasteiger partial charge in [0.15, 0.2) is 5.96 Å². The van der Waals surface area contributed by atoms with Crippen LogP contribution in [0.15, 0.2) is 35.5 Å². The van der Waals surface area contributed by atoms with Gasteiger partial charge in [-0.25, -0.2) is 0 Å². The highest BCUT2D eigenvalue weighted by Gasteiger charge is 2.03. The molecule has 1 heterocycles. The number of aliphatic imine (C=N–C) groups is 1. The molecule has 3 N–H and O–H groups in total. The van der Waals surface area contributed by atoms with Crippen LogP contribution in [0.2, 0.25) is 0 Å². The largest absolute Gasteiger partial charge is 0.382 e. The lowest BCUT2D eigenvalue weighted by Gasteiger charge is -2.11. The van der Waals surface area contributed by atoms with E-state index in [4.69, 9.17) is 4.74 Å². The zero-order chi connectivity index (χ0) is 16.3. The first-order valence-corrected chi connectivity index (χ1v) is 8.42. The average molecular weight is 444 g/mol. The summed E-state index contributed by atoms with van der Waals surface area (Å²) in [5.74, 6) is 0.862. The topological polar surface area (TPSA) is 61.4 Å². The SMILES string of the molecule is CCOCCCNC(=NC)NCCCc1c[nH]c2ccccc12.I. The highest BCUT2D eigenvalue weighted by molar-refractivity contribution is 14.0. The highest BCUT2D eigenvalue weighted by atomic mass is 127. The van der Waals surface area contributed by atoms with Crippen molar-refractivity contribution < 1.29 is 4.74 Å². The maximum Gasteiger partial charge on any atom is 0.190 e. The van der Waals surface area contributed by atoms with Crippen molar-refractivity contribution in [3.05, 3.63) is 36.0 Å². The van der Waals surface area contributed by atoms with Gasteiger partial charge in [0.05, 0.1) is 0 Å². The van der Waals surface area contributed by atoms with Crippen LogP contribution in [0.25, 0.3) is 10.9 Å². The monoisotopic (exact) mass is 444 g/mol. The van der Waals surface area contributed by atoms with Crippen LogP contribution in [0, 0.1) is 0 Å². The van der Waals surface area contributed by atoms with Crippen molar-refractivity contribution >= 4 is 40.8 Å². The summed E-state index contributed by atoms with van der Waals surface area (Å²) in [6.45, 7) is 5.37. The second-order valence-corrected chi connectivity index (χ2v) is 5.44. The number of H-pyrrole nitrogens is 1. The van der Waals surface area contributed by atoms with Crippen molar-refractivity contribution in [3.63, 3.8) is 0 Å². The number of fused-ring (bicyclic) bond motifs is 1. The van der Waals surface area contributed by atoms with Crippen LogP contribution < -0.4 is 10.6 Å². The van der Waals surface area contributed by atoms with Crippen molar-refractivity contribution in [1.29, 1.82) is 0 Å². The van der Waals surface area contributed by atoms with Crippen molar-refractivity contribution in [2.24, 2.45) is 4.99 Å². The van der Waals surface area contributed by atoms with Gasteiger partial charge >= 0.3 is 0 Å². The van der Waals surface area contributed by atoms with Crippen LogP contribution in [-0.2, 0) is 11.2 Å².